The third-order valence-corrected chi connectivity index (χ3v) is 6.74. The average Bonchev–Trinajstić information content (AvgIpc) is 3.26. The Morgan fingerprint density at radius 3 is 2.54 bits per heavy atom. The Bertz CT molecular complexity index is 1350. The van der Waals surface area contributed by atoms with Gasteiger partial charge in [0.15, 0.2) is 6.61 Å². The summed E-state index contributed by atoms with van der Waals surface area (Å²) in [6, 6.07) is 7.18. The Morgan fingerprint density at radius 2 is 1.87 bits per heavy atom. The molecule has 3 rings (SSSR count). The Labute approximate surface area is 225 Å². The van der Waals surface area contributed by atoms with Crippen LogP contribution >= 0.6 is 0 Å². The highest BCUT2D eigenvalue weighted by Gasteiger charge is 2.30. The second-order valence-electron chi connectivity index (χ2n) is 8.59. The number of ether oxygens (including phenoxy) is 3. The molecular weight excluding hydrogens is 541 g/mol. The lowest BCUT2D eigenvalue weighted by molar-refractivity contribution is -0.153. The van der Waals surface area contributed by atoms with Crippen molar-refractivity contribution in [1.29, 1.82) is 0 Å². The third-order valence-electron chi connectivity index (χ3n) is 5.53. The number of carbonyl (C=O) groups excluding carboxylic acids is 2. The summed E-state index contributed by atoms with van der Waals surface area (Å²) in [6.45, 7) is 5.29. The van der Waals surface area contributed by atoms with E-state index in [1.54, 1.807) is 45.0 Å². The molecule has 0 saturated carbocycles. The Morgan fingerprint density at radius 1 is 1.15 bits per heavy atom. The van der Waals surface area contributed by atoms with Gasteiger partial charge in [0.2, 0.25) is 5.16 Å². The van der Waals surface area contributed by atoms with Gasteiger partial charge in [0, 0.05) is 17.8 Å². The lowest BCUT2D eigenvalue weighted by Crippen LogP contribution is -2.42. The molecule has 1 atom stereocenters. The number of aromatic nitrogens is 3. The topological polar surface area (TPSA) is 113 Å². The van der Waals surface area contributed by atoms with Crippen molar-refractivity contribution in [2.24, 2.45) is 0 Å². The largest absolute Gasteiger partial charge is 0.508 e. The maximum absolute atomic E-state index is 13.7. The number of halogens is 3. The predicted octanol–water partition coefficient (Wildman–Crippen LogP) is 4.84. The van der Waals surface area contributed by atoms with E-state index in [4.69, 9.17) is 14.2 Å². The van der Waals surface area contributed by atoms with Gasteiger partial charge in [-0.25, -0.2) is 19.1 Å². The average molecular weight is 571 g/mol. The van der Waals surface area contributed by atoms with Crippen molar-refractivity contribution in [3.8, 4) is 5.75 Å². The number of benzene rings is 1. The zero-order chi connectivity index (χ0) is 28.7. The van der Waals surface area contributed by atoms with Crippen LogP contribution in [0.5, 0.6) is 5.75 Å². The standard InChI is InChI=1S/C25H29F3N4O6S/c1-5-36-24(34)37-13-12-31(16(2)3)23(33)32-20-9-7-6-8-18(20)30-22(32)39(35)14-19-17(4)21(10-11-29-19)38-15-25(26,27)28/h6-11,16H,5,12-15H2,1-4H3/t39-/m0/s1. The first kappa shape index (κ1) is 29.9. The highest BCUT2D eigenvalue weighted by Crippen LogP contribution is 2.26. The van der Waals surface area contributed by atoms with Gasteiger partial charge in [0.25, 0.3) is 0 Å². The molecule has 0 saturated heterocycles. The summed E-state index contributed by atoms with van der Waals surface area (Å²) in [5.74, 6) is -0.259. The maximum Gasteiger partial charge on any atom is 0.508 e. The molecule has 0 bridgehead atoms. The number of nitrogens with zero attached hydrogens (tertiary/aromatic N) is 4. The fourth-order valence-corrected chi connectivity index (χ4v) is 4.89. The fraction of sp³-hybridized carbons (Fsp3) is 0.440. The van der Waals surface area contributed by atoms with Crippen LogP contribution in [0, 0.1) is 6.92 Å². The summed E-state index contributed by atoms with van der Waals surface area (Å²) in [5.41, 5.74) is 1.37. The molecule has 1 amide bonds. The van der Waals surface area contributed by atoms with E-state index < -0.39 is 35.8 Å². The normalized spacial score (nSPS) is 12.4. The number of para-hydroxylation sites is 2. The van der Waals surface area contributed by atoms with E-state index in [1.807, 2.05) is 0 Å². The molecule has 0 aliphatic rings. The Hall–Kier alpha value is -3.68. The second-order valence-corrected chi connectivity index (χ2v) is 9.94. The van der Waals surface area contributed by atoms with Crippen molar-refractivity contribution < 1.29 is 41.2 Å². The van der Waals surface area contributed by atoms with Crippen molar-refractivity contribution >= 4 is 34.0 Å². The molecule has 0 unspecified atom stereocenters. The number of alkyl halides is 3. The monoisotopic (exact) mass is 570 g/mol. The molecule has 10 nitrogen and oxygen atoms in total. The van der Waals surface area contributed by atoms with Crippen LogP contribution in [-0.2, 0) is 26.0 Å². The zero-order valence-corrected chi connectivity index (χ0v) is 22.7. The SMILES string of the molecule is CCOC(=O)OCCN(C(=O)n1c([S@@](=O)Cc2nccc(OCC(F)(F)F)c2C)nc2ccccc21)C(C)C. The van der Waals surface area contributed by atoms with Crippen LogP contribution in [0.25, 0.3) is 11.0 Å². The quantitative estimate of drug-likeness (QED) is 0.318. The van der Waals surface area contributed by atoms with Crippen molar-refractivity contribution in [3.63, 3.8) is 0 Å². The molecule has 0 radical (unpaired) electrons. The molecule has 2 heterocycles. The molecule has 2 aromatic heterocycles. The predicted molar refractivity (Wildman–Crippen MR) is 136 cm³/mol. The summed E-state index contributed by atoms with van der Waals surface area (Å²) < 4.78 is 67.3. The maximum atomic E-state index is 13.7. The van der Waals surface area contributed by atoms with E-state index in [0.717, 1.165) is 0 Å². The number of fused-ring (bicyclic) bond motifs is 1. The van der Waals surface area contributed by atoms with Crippen LogP contribution in [0.2, 0.25) is 0 Å². The van der Waals surface area contributed by atoms with Gasteiger partial charge in [0.05, 0.1) is 46.4 Å². The minimum atomic E-state index is -4.52. The Balaban J connectivity index is 1.91. The van der Waals surface area contributed by atoms with Crippen LogP contribution in [0.3, 0.4) is 0 Å². The van der Waals surface area contributed by atoms with E-state index in [2.05, 4.69) is 9.97 Å². The van der Waals surface area contributed by atoms with Crippen molar-refractivity contribution in [2.75, 3.05) is 26.4 Å². The smallest absolute Gasteiger partial charge is 0.484 e. The lowest BCUT2D eigenvalue weighted by Gasteiger charge is -2.27. The van der Waals surface area contributed by atoms with E-state index in [0.29, 0.717) is 16.6 Å². The number of rotatable bonds is 10. The molecule has 0 aliphatic carbocycles. The van der Waals surface area contributed by atoms with Gasteiger partial charge >= 0.3 is 18.4 Å². The lowest BCUT2D eigenvalue weighted by atomic mass is 10.2. The summed E-state index contributed by atoms with van der Waals surface area (Å²) in [4.78, 5) is 35.3. The van der Waals surface area contributed by atoms with E-state index in [1.165, 1.54) is 28.7 Å². The number of imidazole rings is 1. The van der Waals surface area contributed by atoms with Gasteiger partial charge in [-0.15, -0.1) is 0 Å². The summed E-state index contributed by atoms with van der Waals surface area (Å²) in [6.07, 6.45) is -4.11. The van der Waals surface area contributed by atoms with Gasteiger partial charge in [0.1, 0.15) is 12.4 Å². The van der Waals surface area contributed by atoms with Gasteiger partial charge < -0.3 is 19.1 Å². The molecule has 14 heteroatoms. The highest BCUT2D eigenvalue weighted by molar-refractivity contribution is 7.84. The number of pyridine rings is 1. The summed E-state index contributed by atoms with van der Waals surface area (Å²) >= 11 is 0. The first-order valence-corrected chi connectivity index (χ1v) is 13.3. The van der Waals surface area contributed by atoms with Crippen LogP contribution in [0.1, 0.15) is 32.0 Å². The van der Waals surface area contributed by atoms with Crippen molar-refractivity contribution in [2.45, 2.75) is 50.8 Å². The Kier molecular flexibility index (Phi) is 9.89. The molecule has 0 spiro atoms. The van der Waals surface area contributed by atoms with E-state index in [-0.39, 0.29) is 48.2 Å². The van der Waals surface area contributed by atoms with Crippen LogP contribution < -0.4 is 4.74 Å². The summed E-state index contributed by atoms with van der Waals surface area (Å²) in [5, 5.41) is -0.0547. The minimum absolute atomic E-state index is 0.0349. The first-order chi connectivity index (χ1) is 18.4. The first-order valence-electron chi connectivity index (χ1n) is 12.0. The second kappa shape index (κ2) is 12.9. The van der Waals surface area contributed by atoms with Gasteiger partial charge in [-0.2, -0.15) is 13.2 Å². The fourth-order valence-electron chi connectivity index (χ4n) is 3.64. The molecule has 0 fully saturated rings. The summed E-state index contributed by atoms with van der Waals surface area (Å²) in [7, 11) is -1.93. The number of hydrogen-bond acceptors (Lipinski definition) is 8. The van der Waals surface area contributed by atoms with Crippen molar-refractivity contribution in [1.82, 2.24) is 19.4 Å². The van der Waals surface area contributed by atoms with Gasteiger partial charge in [-0.05, 0) is 45.9 Å². The van der Waals surface area contributed by atoms with Gasteiger partial charge in [-0.3, -0.25) is 9.19 Å². The van der Waals surface area contributed by atoms with E-state index >= 15 is 0 Å². The number of amides is 1. The highest BCUT2D eigenvalue weighted by atomic mass is 32.2. The number of carbonyl (C=O) groups is 2. The van der Waals surface area contributed by atoms with E-state index in [9.17, 15) is 27.0 Å². The molecule has 212 valence electrons. The van der Waals surface area contributed by atoms with Gasteiger partial charge in [-0.1, -0.05) is 12.1 Å². The number of hydrogen-bond donors (Lipinski definition) is 0. The minimum Gasteiger partial charge on any atom is -0.484 e. The molecule has 0 N–H and O–H groups in total. The molecular formula is C25H29F3N4O6S. The van der Waals surface area contributed by atoms with Crippen LogP contribution in [0.4, 0.5) is 22.8 Å². The third kappa shape index (κ3) is 7.68. The molecule has 3 aromatic rings. The molecule has 0 aliphatic heterocycles. The van der Waals surface area contributed by atoms with Crippen LogP contribution in [-0.4, -0.2) is 74.4 Å². The van der Waals surface area contributed by atoms with Crippen LogP contribution in [0.15, 0.2) is 41.7 Å². The molecule has 39 heavy (non-hydrogen) atoms. The zero-order valence-electron chi connectivity index (χ0n) is 21.9. The van der Waals surface area contributed by atoms with Crippen molar-refractivity contribution in [3.05, 3.63) is 47.8 Å². The molecule has 1 aromatic carbocycles.